The Bertz CT molecular complexity index is 836. The summed E-state index contributed by atoms with van der Waals surface area (Å²) in [5.74, 6) is 6.56. The SMILES string of the molecule is Nc1nc2c(s1)CCN(CC#Cc1cccc3c1CC(=O)N3)CC2. The van der Waals surface area contributed by atoms with Crippen molar-refractivity contribution in [2.45, 2.75) is 19.3 Å². The third-order valence-electron chi connectivity index (χ3n) is 4.43. The Morgan fingerprint density at radius 3 is 3.12 bits per heavy atom. The van der Waals surface area contributed by atoms with Gasteiger partial charge in [0.25, 0.3) is 0 Å². The fraction of sp³-hybridized carbons (Fsp3) is 0.333. The molecule has 0 bridgehead atoms. The van der Waals surface area contributed by atoms with Gasteiger partial charge in [0.05, 0.1) is 18.7 Å². The maximum Gasteiger partial charge on any atom is 0.228 e. The first-order valence-corrected chi connectivity index (χ1v) is 8.88. The quantitative estimate of drug-likeness (QED) is 0.776. The van der Waals surface area contributed by atoms with E-state index in [0.29, 0.717) is 11.6 Å². The molecule has 24 heavy (non-hydrogen) atoms. The van der Waals surface area contributed by atoms with E-state index in [4.69, 9.17) is 5.73 Å². The van der Waals surface area contributed by atoms with Gasteiger partial charge in [-0.15, -0.1) is 11.3 Å². The number of fused-ring (bicyclic) bond motifs is 2. The van der Waals surface area contributed by atoms with E-state index in [1.54, 1.807) is 11.3 Å². The van der Waals surface area contributed by atoms with Gasteiger partial charge in [-0.3, -0.25) is 9.69 Å². The van der Waals surface area contributed by atoms with E-state index in [2.05, 4.69) is 27.0 Å². The molecule has 0 radical (unpaired) electrons. The Hall–Kier alpha value is -2.36. The molecular formula is C18H18N4OS. The van der Waals surface area contributed by atoms with Crippen molar-refractivity contribution >= 4 is 28.1 Å². The minimum Gasteiger partial charge on any atom is -0.375 e. The van der Waals surface area contributed by atoms with E-state index in [-0.39, 0.29) is 5.91 Å². The van der Waals surface area contributed by atoms with Gasteiger partial charge in [-0.05, 0) is 18.6 Å². The number of benzene rings is 1. The van der Waals surface area contributed by atoms with Crippen LogP contribution in [-0.2, 0) is 24.1 Å². The normalized spacial score (nSPS) is 16.6. The fourth-order valence-electron chi connectivity index (χ4n) is 3.20. The average molecular weight is 338 g/mol. The number of nitrogen functional groups attached to an aromatic ring is 1. The fourth-order valence-corrected chi connectivity index (χ4v) is 4.07. The molecule has 2 aliphatic rings. The molecule has 1 aromatic carbocycles. The summed E-state index contributed by atoms with van der Waals surface area (Å²) in [5.41, 5.74) is 9.81. The van der Waals surface area contributed by atoms with E-state index >= 15 is 0 Å². The zero-order chi connectivity index (χ0) is 16.5. The number of rotatable bonds is 1. The number of aromatic nitrogens is 1. The van der Waals surface area contributed by atoms with Crippen molar-refractivity contribution in [3.8, 4) is 11.8 Å². The zero-order valence-electron chi connectivity index (χ0n) is 13.3. The van der Waals surface area contributed by atoms with Gasteiger partial charge < -0.3 is 11.1 Å². The van der Waals surface area contributed by atoms with Gasteiger partial charge in [0.1, 0.15) is 0 Å². The molecular weight excluding hydrogens is 320 g/mol. The Morgan fingerprint density at radius 1 is 1.33 bits per heavy atom. The summed E-state index contributed by atoms with van der Waals surface area (Å²) in [7, 11) is 0. The number of amides is 1. The Labute approximate surface area is 144 Å². The summed E-state index contributed by atoms with van der Waals surface area (Å²) in [4.78, 5) is 19.6. The molecule has 1 amide bonds. The van der Waals surface area contributed by atoms with Gasteiger partial charge in [-0.25, -0.2) is 4.98 Å². The van der Waals surface area contributed by atoms with Gasteiger partial charge in [0.15, 0.2) is 5.13 Å². The molecule has 0 saturated carbocycles. The number of thiazole rings is 1. The third-order valence-corrected chi connectivity index (χ3v) is 5.41. The van der Waals surface area contributed by atoms with Gasteiger partial charge in [-0.1, -0.05) is 17.9 Å². The summed E-state index contributed by atoms with van der Waals surface area (Å²) in [6, 6.07) is 5.85. The van der Waals surface area contributed by atoms with Crippen molar-refractivity contribution in [3.63, 3.8) is 0 Å². The molecule has 2 aliphatic heterocycles. The topological polar surface area (TPSA) is 71.2 Å². The van der Waals surface area contributed by atoms with Crippen LogP contribution in [0.5, 0.6) is 0 Å². The van der Waals surface area contributed by atoms with Gasteiger partial charge in [-0.2, -0.15) is 0 Å². The number of anilines is 2. The predicted octanol–water partition coefficient (Wildman–Crippen LogP) is 1.67. The molecule has 3 heterocycles. The highest BCUT2D eigenvalue weighted by molar-refractivity contribution is 7.15. The van der Waals surface area contributed by atoms with Crippen LogP contribution in [0.2, 0.25) is 0 Å². The van der Waals surface area contributed by atoms with Gasteiger partial charge in [0.2, 0.25) is 5.91 Å². The number of hydrogen-bond acceptors (Lipinski definition) is 5. The molecule has 0 spiro atoms. The van der Waals surface area contributed by atoms with Gasteiger partial charge >= 0.3 is 0 Å². The van der Waals surface area contributed by atoms with Crippen LogP contribution in [0, 0.1) is 11.8 Å². The molecule has 0 saturated heterocycles. The van der Waals surface area contributed by atoms with Crippen LogP contribution >= 0.6 is 11.3 Å². The number of nitrogens with zero attached hydrogens (tertiary/aromatic N) is 2. The summed E-state index contributed by atoms with van der Waals surface area (Å²) in [5, 5.41) is 3.54. The summed E-state index contributed by atoms with van der Waals surface area (Å²) in [6.45, 7) is 2.67. The zero-order valence-corrected chi connectivity index (χ0v) is 14.1. The molecule has 0 atom stereocenters. The standard InChI is InChI=1S/C18H18N4OS/c19-18-21-15-6-9-22(10-7-16(15)24-18)8-2-4-12-3-1-5-14-13(12)11-17(23)20-14/h1,3,5H,6-11H2,(H2,19,21)(H,20,23). The lowest BCUT2D eigenvalue weighted by Crippen LogP contribution is -2.26. The summed E-state index contributed by atoms with van der Waals surface area (Å²) >= 11 is 1.61. The van der Waals surface area contributed by atoms with Crippen LogP contribution in [-0.4, -0.2) is 35.4 Å². The van der Waals surface area contributed by atoms with Crippen molar-refractivity contribution in [2.75, 3.05) is 30.7 Å². The average Bonchev–Trinajstić information content (AvgIpc) is 3.06. The van der Waals surface area contributed by atoms with Crippen molar-refractivity contribution in [3.05, 3.63) is 39.9 Å². The van der Waals surface area contributed by atoms with Crippen LogP contribution in [0.4, 0.5) is 10.8 Å². The molecule has 0 unspecified atom stereocenters. The minimum atomic E-state index is 0.0460. The number of nitrogens with one attached hydrogen (secondary N) is 1. The van der Waals surface area contributed by atoms with E-state index < -0.39 is 0 Å². The monoisotopic (exact) mass is 338 g/mol. The van der Waals surface area contributed by atoms with Crippen LogP contribution in [0.15, 0.2) is 18.2 Å². The second kappa shape index (κ2) is 6.27. The molecule has 2 aromatic rings. The van der Waals surface area contributed by atoms with Crippen LogP contribution < -0.4 is 11.1 Å². The van der Waals surface area contributed by atoms with E-state index in [1.165, 1.54) is 4.88 Å². The molecule has 5 nitrogen and oxygen atoms in total. The maximum atomic E-state index is 11.5. The molecule has 122 valence electrons. The van der Waals surface area contributed by atoms with Crippen molar-refractivity contribution in [2.24, 2.45) is 0 Å². The second-order valence-electron chi connectivity index (χ2n) is 6.06. The molecule has 3 N–H and O–H groups in total. The highest BCUT2D eigenvalue weighted by Gasteiger charge is 2.20. The Kier molecular flexibility index (Phi) is 3.97. The molecule has 0 aliphatic carbocycles. The summed E-state index contributed by atoms with van der Waals surface area (Å²) < 4.78 is 0. The van der Waals surface area contributed by atoms with Crippen LogP contribution in [0.25, 0.3) is 0 Å². The van der Waals surface area contributed by atoms with E-state index in [1.807, 2.05) is 18.2 Å². The van der Waals surface area contributed by atoms with E-state index in [0.717, 1.165) is 55.0 Å². The summed E-state index contributed by atoms with van der Waals surface area (Å²) in [6.07, 6.45) is 2.35. The molecule has 0 fully saturated rings. The number of carbonyl (C=O) groups excluding carboxylic acids is 1. The molecule has 4 rings (SSSR count). The number of hydrogen-bond donors (Lipinski definition) is 2. The lowest BCUT2D eigenvalue weighted by atomic mass is 10.1. The highest BCUT2D eigenvalue weighted by atomic mass is 32.1. The maximum absolute atomic E-state index is 11.5. The Morgan fingerprint density at radius 2 is 2.21 bits per heavy atom. The highest BCUT2D eigenvalue weighted by Crippen LogP contribution is 2.26. The minimum absolute atomic E-state index is 0.0460. The smallest absolute Gasteiger partial charge is 0.228 e. The van der Waals surface area contributed by atoms with Crippen molar-refractivity contribution in [1.29, 1.82) is 0 Å². The largest absolute Gasteiger partial charge is 0.375 e. The lowest BCUT2D eigenvalue weighted by molar-refractivity contribution is -0.115. The van der Waals surface area contributed by atoms with Gasteiger partial charge in [0, 0.05) is 41.2 Å². The van der Waals surface area contributed by atoms with E-state index in [9.17, 15) is 4.79 Å². The lowest BCUT2D eigenvalue weighted by Gasteiger charge is -2.15. The third kappa shape index (κ3) is 3.01. The second-order valence-corrected chi connectivity index (χ2v) is 7.17. The first kappa shape index (κ1) is 15.2. The molecule has 1 aromatic heterocycles. The molecule has 6 heteroatoms. The number of carbonyl (C=O) groups is 1. The first-order valence-electron chi connectivity index (χ1n) is 8.06. The van der Waals surface area contributed by atoms with Crippen LogP contribution in [0.3, 0.4) is 0 Å². The predicted molar refractivity (Wildman–Crippen MR) is 96.0 cm³/mol. The first-order chi connectivity index (χ1) is 11.7. The van der Waals surface area contributed by atoms with Crippen molar-refractivity contribution < 1.29 is 4.79 Å². The number of nitrogens with two attached hydrogens (primary N) is 1. The Balaban J connectivity index is 1.42. The van der Waals surface area contributed by atoms with Crippen LogP contribution in [0.1, 0.15) is 21.7 Å². The van der Waals surface area contributed by atoms with Crippen molar-refractivity contribution in [1.82, 2.24) is 9.88 Å².